The van der Waals surface area contributed by atoms with Crippen molar-refractivity contribution >= 4 is 29.3 Å². The summed E-state index contributed by atoms with van der Waals surface area (Å²) in [6, 6.07) is 12.0. The number of para-hydroxylation sites is 1. The maximum atomic E-state index is 10.9. The number of thioether (sulfide) groups is 1. The van der Waals surface area contributed by atoms with Crippen molar-refractivity contribution in [3.63, 3.8) is 0 Å². The van der Waals surface area contributed by atoms with Gasteiger partial charge in [-0.2, -0.15) is 0 Å². The lowest BCUT2D eigenvalue weighted by atomic mass is 10.1. The van der Waals surface area contributed by atoms with Gasteiger partial charge in [0, 0.05) is 15.7 Å². The summed E-state index contributed by atoms with van der Waals surface area (Å²) in [6.07, 6.45) is 0. The molecule has 0 aliphatic carbocycles. The zero-order valence-electron chi connectivity index (χ0n) is 10.7. The Balaban J connectivity index is 2.20. The lowest BCUT2D eigenvalue weighted by Gasteiger charge is -2.13. The molecule has 0 spiro atoms. The maximum Gasteiger partial charge on any atom is 0.337 e. The summed E-state index contributed by atoms with van der Waals surface area (Å²) in [5, 5.41) is 19.0. The van der Waals surface area contributed by atoms with E-state index in [9.17, 15) is 9.90 Å². The molecule has 3 nitrogen and oxygen atoms in total. The first-order valence-electron chi connectivity index (χ1n) is 5.96. The number of rotatable bonds is 4. The van der Waals surface area contributed by atoms with E-state index < -0.39 is 5.97 Å². The van der Waals surface area contributed by atoms with Crippen molar-refractivity contribution in [3.8, 4) is 5.75 Å². The number of carboxylic acid groups (broad SMARTS) is 1. The largest absolute Gasteiger partial charge is 0.508 e. The van der Waals surface area contributed by atoms with Crippen molar-refractivity contribution in [1.29, 1.82) is 0 Å². The maximum absolute atomic E-state index is 10.9. The van der Waals surface area contributed by atoms with Gasteiger partial charge in [-0.1, -0.05) is 29.8 Å². The zero-order chi connectivity index (χ0) is 14.7. The van der Waals surface area contributed by atoms with Gasteiger partial charge in [0.15, 0.2) is 0 Å². The summed E-state index contributed by atoms with van der Waals surface area (Å²) in [4.78, 5) is 11.8. The number of carboxylic acids is 1. The van der Waals surface area contributed by atoms with Crippen LogP contribution in [0.25, 0.3) is 0 Å². The summed E-state index contributed by atoms with van der Waals surface area (Å²) in [5.41, 5.74) is 0.919. The second-order valence-corrected chi connectivity index (χ2v) is 6.09. The molecule has 0 aliphatic rings. The van der Waals surface area contributed by atoms with Gasteiger partial charge in [-0.3, -0.25) is 0 Å². The minimum absolute atomic E-state index is 0.0305. The number of halogens is 1. The molecule has 2 aromatic rings. The molecular formula is C15H13ClO3S. The third kappa shape index (κ3) is 3.26. The predicted octanol–water partition coefficient (Wildman–Crippen LogP) is 4.60. The van der Waals surface area contributed by atoms with E-state index >= 15 is 0 Å². The van der Waals surface area contributed by atoms with Crippen LogP contribution in [0.2, 0.25) is 5.02 Å². The SMILES string of the molecule is C[C@@H](Sc1ccc(C(=O)O)c(Cl)c1)c1ccccc1O. The van der Waals surface area contributed by atoms with Gasteiger partial charge >= 0.3 is 5.97 Å². The Morgan fingerprint density at radius 3 is 2.55 bits per heavy atom. The number of phenolic OH excluding ortho intramolecular Hbond substituents is 1. The fourth-order valence-corrected chi connectivity index (χ4v) is 3.23. The van der Waals surface area contributed by atoms with Crippen LogP contribution < -0.4 is 0 Å². The number of hydrogen-bond donors (Lipinski definition) is 2. The first-order chi connectivity index (χ1) is 9.49. The van der Waals surface area contributed by atoms with Gasteiger partial charge in [0.1, 0.15) is 5.75 Å². The summed E-state index contributed by atoms with van der Waals surface area (Å²) in [5.74, 6) is -0.791. The fourth-order valence-electron chi connectivity index (χ4n) is 1.84. The van der Waals surface area contributed by atoms with Crippen LogP contribution in [0.1, 0.15) is 28.1 Å². The molecule has 2 N–H and O–H groups in total. The van der Waals surface area contributed by atoms with Crippen molar-refractivity contribution in [2.75, 3.05) is 0 Å². The van der Waals surface area contributed by atoms with Crippen LogP contribution >= 0.6 is 23.4 Å². The van der Waals surface area contributed by atoms with Crippen LogP contribution in [0.15, 0.2) is 47.4 Å². The molecule has 2 rings (SSSR count). The van der Waals surface area contributed by atoms with Crippen LogP contribution in [0.3, 0.4) is 0 Å². The van der Waals surface area contributed by atoms with Crippen LogP contribution in [0.4, 0.5) is 0 Å². The zero-order valence-corrected chi connectivity index (χ0v) is 12.3. The van der Waals surface area contributed by atoms with E-state index in [1.54, 1.807) is 24.3 Å². The quantitative estimate of drug-likeness (QED) is 0.811. The highest BCUT2D eigenvalue weighted by Crippen LogP contribution is 2.39. The average molecular weight is 309 g/mol. The second-order valence-electron chi connectivity index (χ2n) is 4.27. The van der Waals surface area contributed by atoms with E-state index in [1.807, 2.05) is 19.1 Å². The molecule has 0 saturated carbocycles. The number of phenols is 1. The van der Waals surface area contributed by atoms with Crippen LogP contribution in [-0.2, 0) is 0 Å². The van der Waals surface area contributed by atoms with Gasteiger partial charge in [0.05, 0.1) is 10.6 Å². The van der Waals surface area contributed by atoms with Crippen molar-refractivity contribution in [2.45, 2.75) is 17.1 Å². The Kier molecular flexibility index (Phi) is 4.57. The number of benzene rings is 2. The van der Waals surface area contributed by atoms with Crippen molar-refractivity contribution in [3.05, 3.63) is 58.6 Å². The molecule has 0 unspecified atom stereocenters. The minimum Gasteiger partial charge on any atom is -0.508 e. The monoisotopic (exact) mass is 308 g/mol. The molecule has 104 valence electrons. The number of hydrogen-bond acceptors (Lipinski definition) is 3. The van der Waals surface area contributed by atoms with Crippen LogP contribution in [-0.4, -0.2) is 16.2 Å². The first kappa shape index (κ1) is 14.8. The summed E-state index contributed by atoms with van der Waals surface area (Å²) < 4.78 is 0. The molecular weight excluding hydrogens is 296 g/mol. The van der Waals surface area contributed by atoms with Crippen LogP contribution in [0.5, 0.6) is 5.75 Å². The Bertz CT molecular complexity index is 643. The normalized spacial score (nSPS) is 12.1. The smallest absolute Gasteiger partial charge is 0.337 e. The van der Waals surface area contributed by atoms with E-state index in [1.165, 1.54) is 17.8 Å². The van der Waals surface area contributed by atoms with E-state index in [4.69, 9.17) is 16.7 Å². The van der Waals surface area contributed by atoms with Crippen molar-refractivity contribution in [2.24, 2.45) is 0 Å². The molecule has 0 radical (unpaired) electrons. The molecule has 2 aromatic carbocycles. The lowest BCUT2D eigenvalue weighted by molar-refractivity contribution is 0.0697. The Labute approximate surface area is 126 Å². The fraction of sp³-hybridized carbons (Fsp3) is 0.133. The van der Waals surface area contributed by atoms with Crippen molar-refractivity contribution in [1.82, 2.24) is 0 Å². The second kappa shape index (κ2) is 6.20. The van der Waals surface area contributed by atoms with Gasteiger partial charge in [-0.25, -0.2) is 4.79 Å². The van der Waals surface area contributed by atoms with Crippen molar-refractivity contribution < 1.29 is 15.0 Å². The minimum atomic E-state index is -1.04. The number of aromatic carboxylic acids is 1. The third-order valence-corrected chi connectivity index (χ3v) is 4.30. The Morgan fingerprint density at radius 2 is 1.95 bits per heavy atom. The predicted molar refractivity (Wildman–Crippen MR) is 80.8 cm³/mol. The third-order valence-electron chi connectivity index (χ3n) is 2.86. The van der Waals surface area contributed by atoms with Gasteiger partial charge in [-0.05, 0) is 31.2 Å². The summed E-state index contributed by atoms with van der Waals surface area (Å²) in [6.45, 7) is 1.97. The van der Waals surface area contributed by atoms with Gasteiger partial charge in [0.2, 0.25) is 0 Å². The number of carbonyl (C=O) groups is 1. The Hall–Kier alpha value is -1.65. The van der Waals surface area contributed by atoms with Gasteiger partial charge < -0.3 is 10.2 Å². The van der Waals surface area contributed by atoms with Gasteiger partial charge in [-0.15, -0.1) is 11.8 Å². The lowest BCUT2D eigenvalue weighted by Crippen LogP contribution is -1.97. The standard InChI is InChI=1S/C15H13ClO3S/c1-9(11-4-2-3-5-14(11)17)20-10-6-7-12(15(18)19)13(16)8-10/h2-9,17H,1H3,(H,18,19)/t9-/m1/s1. The highest BCUT2D eigenvalue weighted by atomic mass is 35.5. The molecule has 0 heterocycles. The molecule has 0 aliphatic heterocycles. The highest BCUT2D eigenvalue weighted by molar-refractivity contribution is 7.99. The molecule has 0 amide bonds. The van der Waals surface area contributed by atoms with Gasteiger partial charge in [0.25, 0.3) is 0 Å². The molecule has 0 fully saturated rings. The molecule has 0 aromatic heterocycles. The molecule has 0 bridgehead atoms. The van der Waals surface area contributed by atoms with E-state index in [2.05, 4.69) is 0 Å². The number of aromatic hydroxyl groups is 1. The Morgan fingerprint density at radius 1 is 1.25 bits per heavy atom. The molecule has 5 heteroatoms. The average Bonchev–Trinajstić information content (AvgIpc) is 2.38. The molecule has 20 heavy (non-hydrogen) atoms. The van der Waals surface area contributed by atoms with Crippen LogP contribution in [0, 0.1) is 0 Å². The molecule has 1 atom stereocenters. The molecule has 0 saturated heterocycles. The van der Waals surface area contributed by atoms with E-state index in [0.29, 0.717) is 0 Å². The summed E-state index contributed by atoms with van der Waals surface area (Å²) in [7, 11) is 0. The van der Waals surface area contributed by atoms with E-state index in [-0.39, 0.29) is 21.6 Å². The topological polar surface area (TPSA) is 57.5 Å². The summed E-state index contributed by atoms with van der Waals surface area (Å²) >= 11 is 7.45. The first-order valence-corrected chi connectivity index (χ1v) is 7.22. The van der Waals surface area contributed by atoms with E-state index in [0.717, 1.165) is 10.5 Å². The highest BCUT2D eigenvalue weighted by Gasteiger charge is 2.14.